The first-order valence-electron chi connectivity index (χ1n) is 9.86. The average Bonchev–Trinajstić information content (AvgIpc) is 3.18. The summed E-state index contributed by atoms with van der Waals surface area (Å²) in [6, 6.07) is 19.9. The average molecular weight is 442 g/mol. The molecule has 0 aliphatic heterocycles. The van der Waals surface area contributed by atoms with Crippen LogP contribution < -0.4 is 10.1 Å². The summed E-state index contributed by atoms with van der Waals surface area (Å²) in [5, 5.41) is 16.0. The van der Waals surface area contributed by atoms with Crippen molar-refractivity contribution in [2.75, 3.05) is 13.2 Å². The third-order valence-electron chi connectivity index (χ3n) is 5.02. The molecule has 0 radical (unpaired) electrons. The maximum absolute atomic E-state index is 13.8. The zero-order valence-corrected chi connectivity index (χ0v) is 17.9. The fourth-order valence-electron chi connectivity index (χ4n) is 3.46. The van der Waals surface area contributed by atoms with Crippen molar-refractivity contribution in [3.63, 3.8) is 0 Å². The van der Waals surface area contributed by atoms with Gasteiger partial charge in [0.15, 0.2) is 0 Å². The van der Waals surface area contributed by atoms with Crippen LogP contribution in [0.1, 0.15) is 17.4 Å². The van der Waals surface area contributed by atoms with Crippen LogP contribution in [0, 0.1) is 5.82 Å². The van der Waals surface area contributed by atoms with E-state index >= 15 is 0 Å². The molecule has 4 aromatic rings. The quantitative estimate of drug-likeness (QED) is 0.429. The Morgan fingerprint density at radius 2 is 1.87 bits per heavy atom. The molecule has 2 atom stereocenters. The van der Waals surface area contributed by atoms with Crippen LogP contribution in [0.3, 0.4) is 0 Å². The Morgan fingerprint density at radius 1 is 1.06 bits per heavy atom. The SMILES string of the molecule is Cl.Cn1ccnc1C(NCC(O)COc1ccc2ccccc2c1)c1cccc(F)c1. The van der Waals surface area contributed by atoms with Crippen molar-refractivity contribution in [2.24, 2.45) is 7.05 Å². The van der Waals surface area contributed by atoms with Gasteiger partial charge in [-0.15, -0.1) is 12.4 Å². The molecular weight excluding hydrogens is 417 g/mol. The Balaban J connectivity index is 0.00000272. The summed E-state index contributed by atoms with van der Waals surface area (Å²) in [6.07, 6.45) is 2.79. The second kappa shape index (κ2) is 10.4. The third kappa shape index (κ3) is 5.61. The van der Waals surface area contributed by atoms with Gasteiger partial charge in [0.1, 0.15) is 30.1 Å². The zero-order chi connectivity index (χ0) is 20.9. The van der Waals surface area contributed by atoms with Crippen LogP contribution in [-0.2, 0) is 7.05 Å². The number of aromatic nitrogens is 2. The number of rotatable bonds is 8. The highest BCUT2D eigenvalue weighted by Crippen LogP contribution is 2.22. The molecule has 162 valence electrons. The van der Waals surface area contributed by atoms with E-state index in [1.165, 1.54) is 12.1 Å². The number of aryl methyl sites for hydroxylation is 1. The van der Waals surface area contributed by atoms with Crippen molar-refractivity contribution in [3.8, 4) is 5.75 Å². The Bertz CT molecular complexity index is 1130. The molecule has 0 aliphatic carbocycles. The number of aliphatic hydroxyl groups excluding tert-OH is 1. The lowest BCUT2D eigenvalue weighted by Crippen LogP contribution is -2.35. The van der Waals surface area contributed by atoms with Crippen molar-refractivity contribution < 1.29 is 14.2 Å². The molecule has 2 N–H and O–H groups in total. The molecule has 0 aliphatic rings. The molecule has 4 rings (SSSR count). The number of nitrogens with zero attached hydrogens (tertiary/aromatic N) is 2. The number of aliphatic hydroxyl groups is 1. The third-order valence-corrected chi connectivity index (χ3v) is 5.02. The summed E-state index contributed by atoms with van der Waals surface area (Å²) < 4.78 is 21.4. The second-order valence-electron chi connectivity index (χ2n) is 7.27. The first-order chi connectivity index (χ1) is 14.6. The minimum Gasteiger partial charge on any atom is -0.491 e. The Morgan fingerprint density at radius 3 is 2.61 bits per heavy atom. The molecule has 3 aromatic carbocycles. The van der Waals surface area contributed by atoms with Crippen LogP contribution in [0.4, 0.5) is 4.39 Å². The number of hydrogen-bond acceptors (Lipinski definition) is 4. The van der Waals surface area contributed by atoms with Gasteiger partial charge in [-0.05, 0) is 40.6 Å². The highest BCUT2D eigenvalue weighted by atomic mass is 35.5. The lowest BCUT2D eigenvalue weighted by molar-refractivity contribution is 0.104. The molecule has 0 amide bonds. The number of nitrogens with one attached hydrogen (secondary N) is 1. The van der Waals surface area contributed by atoms with Gasteiger partial charge in [0.2, 0.25) is 0 Å². The van der Waals surface area contributed by atoms with Crippen LogP contribution in [0.2, 0.25) is 0 Å². The normalized spacial score (nSPS) is 12.9. The van der Waals surface area contributed by atoms with E-state index in [1.54, 1.807) is 12.3 Å². The Labute approximate surface area is 186 Å². The molecule has 0 bridgehead atoms. The zero-order valence-electron chi connectivity index (χ0n) is 17.1. The van der Waals surface area contributed by atoms with E-state index in [2.05, 4.69) is 10.3 Å². The Hall–Kier alpha value is -2.93. The highest BCUT2D eigenvalue weighted by Gasteiger charge is 2.20. The molecule has 7 heteroatoms. The number of imidazole rings is 1. The monoisotopic (exact) mass is 441 g/mol. The molecule has 0 spiro atoms. The van der Waals surface area contributed by atoms with Gasteiger partial charge in [0.25, 0.3) is 0 Å². The number of halogens is 2. The molecule has 2 unspecified atom stereocenters. The molecular formula is C24H25ClFN3O2. The predicted octanol–water partition coefficient (Wildman–Crippen LogP) is 4.25. The van der Waals surface area contributed by atoms with Gasteiger partial charge in [0.05, 0.1) is 6.04 Å². The summed E-state index contributed by atoms with van der Waals surface area (Å²) in [4.78, 5) is 4.39. The standard InChI is InChI=1S/C24H24FN3O2.ClH/c1-28-12-11-26-24(28)23(19-7-4-8-20(25)13-19)27-15-21(29)16-30-22-10-9-17-5-2-3-6-18(17)14-22;/h2-14,21,23,27,29H,15-16H2,1H3;1H. The number of ether oxygens (including phenoxy) is 1. The number of fused-ring (bicyclic) bond motifs is 1. The number of benzene rings is 3. The van der Waals surface area contributed by atoms with E-state index in [4.69, 9.17) is 4.74 Å². The van der Waals surface area contributed by atoms with Crippen molar-refractivity contribution in [1.82, 2.24) is 14.9 Å². The maximum Gasteiger partial charge on any atom is 0.130 e. The van der Waals surface area contributed by atoms with E-state index in [0.717, 1.165) is 22.2 Å². The van der Waals surface area contributed by atoms with Crippen LogP contribution in [-0.4, -0.2) is 33.9 Å². The minimum absolute atomic E-state index is 0. The van der Waals surface area contributed by atoms with Crippen LogP contribution in [0.25, 0.3) is 10.8 Å². The molecule has 0 fully saturated rings. The molecule has 0 saturated carbocycles. The smallest absolute Gasteiger partial charge is 0.130 e. The van der Waals surface area contributed by atoms with Crippen LogP contribution in [0.5, 0.6) is 5.75 Å². The van der Waals surface area contributed by atoms with Gasteiger partial charge in [-0.25, -0.2) is 9.37 Å². The summed E-state index contributed by atoms with van der Waals surface area (Å²) in [7, 11) is 1.88. The molecule has 5 nitrogen and oxygen atoms in total. The summed E-state index contributed by atoms with van der Waals surface area (Å²) >= 11 is 0. The lowest BCUT2D eigenvalue weighted by atomic mass is 10.1. The number of hydrogen-bond donors (Lipinski definition) is 2. The van der Waals surface area contributed by atoms with Crippen molar-refractivity contribution in [2.45, 2.75) is 12.1 Å². The summed E-state index contributed by atoms with van der Waals surface area (Å²) in [5.74, 6) is 1.13. The van der Waals surface area contributed by atoms with Crippen molar-refractivity contribution >= 4 is 23.2 Å². The lowest BCUT2D eigenvalue weighted by Gasteiger charge is -2.21. The van der Waals surface area contributed by atoms with E-state index in [-0.39, 0.29) is 37.4 Å². The summed E-state index contributed by atoms with van der Waals surface area (Å²) in [6.45, 7) is 0.406. The Kier molecular flexibility index (Phi) is 7.63. The topological polar surface area (TPSA) is 59.3 Å². The van der Waals surface area contributed by atoms with E-state index in [9.17, 15) is 9.50 Å². The molecule has 1 aromatic heterocycles. The largest absolute Gasteiger partial charge is 0.491 e. The minimum atomic E-state index is -0.743. The first kappa shape index (κ1) is 22.7. The molecule has 1 heterocycles. The van der Waals surface area contributed by atoms with Crippen LogP contribution in [0.15, 0.2) is 79.1 Å². The molecule has 0 saturated heterocycles. The van der Waals surface area contributed by atoms with Crippen LogP contribution >= 0.6 is 12.4 Å². The van der Waals surface area contributed by atoms with E-state index < -0.39 is 6.10 Å². The van der Waals surface area contributed by atoms with Gasteiger partial charge in [-0.1, -0.05) is 42.5 Å². The van der Waals surface area contributed by atoms with Gasteiger partial charge >= 0.3 is 0 Å². The van der Waals surface area contributed by atoms with Gasteiger partial charge in [-0.2, -0.15) is 0 Å². The second-order valence-corrected chi connectivity index (χ2v) is 7.27. The van der Waals surface area contributed by atoms with Gasteiger partial charge in [-0.3, -0.25) is 0 Å². The van der Waals surface area contributed by atoms with Gasteiger partial charge in [0, 0.05) is 26.0 Å². The first-order valence-corrected chi connectivity index (χ1v) is 9.86. The fourth-order valence-corrected chi connectivity index (χ4v) is 3.46. The van der Waals surface area contributed by atoms with E-state index in [1.807, 2.05) is 66.3 Å². The van der Waals surface area contributed by atoms with Crippen molar-refractivity contribution in [1.29, 1.82) is 0 Å². The predicted molar refractivity (Wildman–Crippen MR) is 122 cm³/mol. The highest BCUT2D eigenvalue weighted by molar-refractivity contribution is 5.85. The van der Waals surface area contributed by atoms with Crippen molar-refractivity contribution in [3.05, 3.63) is 96.3 Å². The molecule has 31 heavy (non-hydrogen) atoms. The summed E-state index contributed by atoms with van der Waals surface area (Å²) in [5.41, 5.74) is 0.743. The van der Waals surface area contributed by atoms with E-state index in [0.29, 0.717) is 5.75 Å². The fraction of sp³-hybridized carbons (Fsp3) is 0.208. The maximum atomic E-state index is 13.8. The van der Waals surface area contributed by atoms with Gasteiger partial charge < -0.3 is 19.7 Å².